The van der Waals surface area contributed by atoms with Crippen LogP contribution in [0.3, 0.4) is 0 Å². The minimum absolute atomic E-state index is 0.310. The van der Waals surface area contributed by atoms with Crippen molar-refractivity contribution in [1.82, 2.24) is 0 Å². The Bertz CT molecular complexity index is 438. The average Bonchev–Trinajstić information content (AvgIpc) is 2.62. The van der Waals surface area contributed by atoms with E-state index in [9.17, 15) is 0 Å². The van der Waals surface area contributed by atoms with Crippen molar-refractivity contribution >= 4 is 5.69 Å². The van der Waals surface area contributed by atoms with E-state index < -0.39 is 0 Å². The van der Waals surface area contributed by atoms with Gasteiger partial charge in [0.2, 0.25) is 0 Å². The van der Waals surface area contributed by atoms with Crippen molar-refractivity contribution in [2.75, 3.05) is 31.6 Å². The van der Waals surface area contributed by atoms with E-state index in [0.717, 1.165) is 49.9 Å². The van der Waals surface area contributed by atoms with E-state index in [1.807, 2.05) is 12.1 Å². The number of benzene rings is 1. The molecule has 1 aliphatic heterocycles. The molecule has 1 aromatic carbocycles. The molecule has 4 heteroatoms. The SMILES string of the molecule is NCC1(CNc2ccc3c(c2)OCCCO3)CCC1. The second kappa shape index (κ2) is 5.29. The average molecular weight is 262 g/mol. The van der Waals surface area contributed by atoms with Crippen LogP contribution in [0.4, 0.5) is 5.69 Å². The molecule has 0 radical (unpaired) electrons. The van der Waals surface area contributed by atoms with Gasteiger partial charge in [-0.15, -0.1) is 0 Å². The zero-order chi connectivity index (χ0) is 13.1. The Morgan fingerprint density at radius 3 is 2.58 bits per heavy atom. The van der Waals surface area contributed by atoms with Gasteiger partial charge in [0.25, 0.3) is 0 Å². The molecule has 3 N–H and O–H groups in total. The first-order valence-corrected chi connectivity index (χ1v) is 7.15. The van der Waals surface area contributed by atoms with Crippen LogP contribution in [0.25, 0.3) is 0 Å². The van der Waals surface area contributed by atoms with Crippen LogP contribution in [0.5, 0.6) is 11.5 Å². The molecule has 104 valence electrons. The van der Waals surface area contributed by atoms with E-state index in [2.05, 4.69) is 11.4 Å². The molecule has 1 aliphatic carbocycles. The zero-order valence-electron chi connectivity index (χ0n) is 11.3. The van der Waals surface area contributed by atoms with Crippen LogP contribution in [0, 0.1) is 5.41 Å². The Morgan fingerprint density at radius 1 is 1.11 bits per heavy atom. The van der Waals surface area contributed by atoms with Gasteiger partial charge in [-0.2, -0.15) is 0 Å². The summed E-state index contributed by atoms with van der Waals surface area (Å²) in [6, 6.07) is 6.07. The Morgan fingerprint density at radius 2 is 1.89 bits per heavy atom. The lowest BCUT2D eigenvalue weighted by Gasteiger charge is -2.41. The number of fused-ring (bicyclic) bond motifs is 1. The lowest BCUT2D eigenvalue weighted by Crippen LogP contribution is -2.42. The number of hydrogen-bond donors (Lipinski definition) is 2. The predicted molar refractivity (Wildman–Crippen MR) is 75.9 cm³/mol. The van der Waals surface area contributed by atoms with Crippen molar-refractivity contribution in [3.8, 4) is 11.5 Å². The maximum Gasteiger partial charge on any atom is 0.163 e. The van der Waals surface area contributed by atoms with Gasteiger partial charge < -0.3 is 20.5 Å². The molecule has 0 unspecified atom stereocenters. The van der Waals surface area contributed by atoms with Gasteiger partial charge in [-0.1, -0.05) is 6.42 Å². The zero-order valence-corrected chi connectivity index (χ0v) is 11.3. The molecule has 0 atom stereocenters. The van der Waals surface area contributed by atoms with E-state index in [0.29, 0.717) is 5.41 Å². The smallest absolute Gasteiger partial charge is 0.163 e. The molecule has 1 saturated carbocycles. The molecule has 0 spiro atoms. The molecule has 0 aromatic heterocycles. The third-order valence-corrected chi connectivity index (χ3v) is 4.26. The highest BCUT2D eigenvalue weighted by Gasteiger charge is 2.35. The third kappa shape index (κ3) is 2.63. The highest BCUT2D eigenvalue weighted by molar-refractivity contribution is 5.55. The van der Waals surface area contributed by atoms with Crippen LogP contribution >= 0.6 is 0 Å². The van der Waals surface area contributed by atoms with Gasteiger partial charge in [0.05, 0.1) is 13.2 Å². The van der Waals surface area contributed by atoms with Crippen LogP contribution in [0.15, 0.2) is 18.2 Å². The summed E-state index contributed by atoms with van der Waals surface area (Å²) in [4.78, 5) is 0. The van der Waals surface area contributed by atoms with Crippen LogP contribution in [0.2, 0.25) is 0 Å². The summed E-state index contributed by atoms with van der Waals surface area (Å²) in [6.07, 6.45) is 4.72. The van der Waals surface area contributed by atoms with E-state index >= 15 is 0 Å². The fourth-order valence-electron chi connectivity index (χ4n) is 2.69. The summed E-state index contributed by atoms with van der Waals surface area (Å²) in [5, 5.41) is 3.49. The van der Waals surface area contributed by atoms with Gasteiger partial charge in [0.15, 0.2) is 11.5 Å². The highest BCUT2D eigenvalue weighted by atomic mass is 16.5. The predicted octanol–water partition coefficient (Wildman–Crippen LogP) is 2.39. The molecule has 0 saturated heterocycles. The molecule has 3 rings (SSSR count). The fraction of sp³-hybridized carbons (Fsp3) is 0.600. The number of ether oxygens (including phenoxy) is 2. The number of anilines is 1. The molecule has 1 heterocycles. The molecular weight excluding hydrogens is 240 g/mol. The van der Waals surface area contributed by atoms with Crippen molar-refractivity contribution in [1.29, 1.82) is 0 Å². The minimum Gasteiger partial charge on any atom is -0.490 e. The first-order valence-electron chi connectivity index (χ1n) is 7.15. The lowest BCUT2D eigenvalue weighted by molar-refractivity contribution is 0.163. The van der Waals surface area contributed by atoms with Crippen LogP contribution < -0.4 is 20.5 Å². The molecule has 0 bridgehead atoms. The van der Waals surface area contributed by atoms with Crippen LogP contribution in [0.1, 0.15) is 25.7 Å². The summed E-state index contributed by atoms with van der Waals surface area (Å²) in [5.74, 6) is 1.69. The van der Waals surface area contributed by atoms with E-state index in [4.69, 9.17) is 15.2 Å². The first kappa shape index (κ1) is 12.6. The van der Waals surface area contributed by atoms with E-state index in [1.165, 1.54) is 19.3 Å². The summed E-state index contributed by atoms with van der Waals surface area (Å²) in [5.41, 5.74) is 7.28. The monoisotopic (exact) mass is 262 g/mol. The van der Waals surface area contributed by atoms with Crippen LogP contribution in [-0.4, -0.2) is 26.3 Å². The Labute approximate surface area is 114 Å². The number of nitrogens with two attached hydrogens (primary N) is 1. The van der Waals surface area contributed by atoms with Crippen molar-refractivity contribution in [3.63, 3.8) is 0 Å². The van der Waals surface area contributed by atoms with Gasteiger partial charge >= 0.3 is 0 Å². The second-order valence-electron chi connectivity index (χ2n) is 5.62. The Kier molecular flexibility index (Phi) is 3.51. The highest BCUT2D eigenvalue weighted by Crippen LogP contribution is 2.40. The third-order valence-electron chi connectivity index (χ3n) is 4.26. The minimum atomic E-state index is 0.310. The maximum absolute atomic E-state index is 5.88. The first-order chi connectivity index (χ1) is 9.31. The van der Waals surface area contributed by atoms with E-state index in [-0.39, 0.29) is 0 Å². The summed E-state index contributed by atoms with van der Waals surface area (Å²) < 4.78 is 11.3. The van der Waals surface area contributed by atoms with Crippen molar-refractivity contribution in [2.45, 2.75) is 25.7 Å². The van der Waals surface area contributed by atoms with Crippen molar-refractivity contribution in [2.24, 2.45) is 11.1 Å². The van der Waals surface area contributed by atoms with Gasteiger partial charge in [-0.05, 0) is 36.9 Å². The molecule has 1 fully saturated rings. The topological polar surface area (TPSA) is 56.5 Å². The van der Waals surface area contributed by atoms with Crippen LogP contribution in [-0.2, 0) is 0 Å². The fourth-order valence-corrected chi connectivity index (χ4v) is 2.69. The lowest BCUT2D eigenvalue weighted by atomic mass is 9.69. The molecular formula is C15H22N2O2. The van der Waals surface area contributed by atoms with Gasteiger partial charge in [-0.3, -0.25) is 0 Å². The number of nitrogens with one attached hydrogen (secondary N) is 1. The van der Waals surface area contributed by atoms with Crippen molar-refractivity contribution in [3.05, 3.63) is 18.2 Å². The summed E-state index contributed by atoms with van der Waals surface area (Å²) >= 11 is 0. The second-order valence-corrected chi connectivity index (χ2v) is 5.62. The van der Waals surface area contributed by atoms with Gasteiger partial charge in [-0.25, -0.2) is 0 Å². The van der Waals surface area contributed by atoms with Gasteiger partial charge in [0, 0.05) is 24.7 Å². The molecule has 1 aromatic rings. The van der Waals surface area contributed by atoms with Gasteiger partial charge in [0.1, 0.15) is 0 Å². The van der Waals surface area contributed by atoms with E-state index in [1.54, 1.807) is 0 Å². The summed E-state index contributed by atoms with van der Waals surface area (Å²) in [7, 11) is 0. The largest absolute Gasteiger partial charge is 0.490 e. The molecule has 0 amide bonds. The van der Waals surface area contributed by atoms with Crippen molar-refractivity contribution < 1.29 is 9.47 Å². The number of rotatable bonds is 4. The molecule has 4 nitrogen and oxygen atoms in total. The number of hydrogen-bond acceptors (Lipinski definition) is 4. The quantitative estimate of drug-likeness (QED) is 0.874. The Hall–Kier alpha value is -1.42. The maximum atomic E-state index is 5.88. The molecule has 19 heavy (non-hydrogen) atoms. The standard InChI is InChI=1S/C15H22N2O2/c16-10-15(5-1-6-15)11-17-12-3-4-13-14(9-12)19-8-2-7-18-13/h3-4,9,17H,1-2,5-8,10-11,16H2. The Balaban J connectivity index is 1.66. The normalized spacial score (nSPS) is 20.3. The summed E-state index contributed by atoms with van der Waals surface area (Å²) in [6.45, 7) is 3.17. The molecule has 2 aliphatic rings.